The van der Waals surface area contributed by atoms with Gasteiger partial charge in [0.25, 0.3) is 0 Å². The minimum Gasteiger partial charge on any atom is -0.508 e. The highest BCUT2D eigenvalue weighted by Crippen LogP contribution is 2.77. The molecular formula is C37H54O6. The summed E-state index contributed by atoms with van der Waals surface area (Å²) in [5.74, 6) is 0.655. The Morgan fingerprint density at radius 3 is 2.23 bits per heavy atom. The number of rotatable bonds is 4. The third kappa shape index (κ3) is 4.00. The highest BCUT2D eigenvalue weighted by Gasteiger charge is 2.75. The molecule has 6 heteroatoms. The zero-order valence-electron chi connectivity index (χ0n) is 27.5. The van der Waals surface area contributed by atoms with Gasteiger partial charge >= 0.3 is 5.97 Å². The standard InChI is InChI=1S/C37H54O6/c1-21-13-18-37(32(40)41)20-19-35(6)28(27(37)22(21)2)29(39)30(42-8)31-34(5)16-15-26(43-24-11-9-23(38)10-12-24)33(3,4)25(34)14-17-36(31,35)7/h9-13,22,25-31,38-39H,14-20H2,1-8H3,(H,40,41)/t22-,25-,26?,27-,28-,29?,30?,31+,34-,35+,36+,37-/m0/s1. The summed E-state index contributed by atoms with van der Waals surface area (Å²) in [5, 5.41) is 33.1. The molecule has 5 aliphatic carbocycles. The molecule has 6 nitrogen and oxygen atoms in total. The van der Waals surface area contributed by atoms with Crippen LogP contribution < -0.4 is 4.74 Å². The van der Waals surface area contributed by atoms with Gasteiger partial charge in [-0.1, -0.05) is 53.2 Å². The second-order valence-corrected chi connectivity index (χ2v) is 16.5. The number of phenols is 1. The van der Waals surface area contributed by atoms with Crippen LogP contribution in [0, 0.1) is 56.7 Å². The fraction of sp³-hybridized carbons (Fsp3) is 0.757. The smallest absolute Gasteiger partial charge is 0.310 e. The Kier molecular flexibility index (Phi) is 7.18. The van der Waals surface area contributed by atoms with E-state index in [1.54, 1.807) is 19.2 Å². The van der Waals surface area contributed by atoms with E-state index in [0.717, 1.165) is 37.9 Å². The number of hydrogen-bond donors (Lipinski definition) is 3. The summed E-state index contributed by atoms with van der Waals surface area (Å²) >= 11 is 0. The summed E-state index contributed by atoms with van der Waals surface area (Å²) in [6.07, 6.45) is 7.14. The van der Waals surface area contributed by atoms with Gasteiger partial charge in [0.2, 0.25) is 0 Å². The molecule has 3 unspecified atom stereocenters. The molecule has 0 bridgehead atoms. The highest BCUT2D eigenvalue weighted by molar-refractivity contribution is 5.76. The Balaban J connectivity index is 1.40. The van der Waals surface area contributed by atoms with Gasteiger partial charge in [-0.25, -0.2) is 0 Å². The van der Waals surface area contributed by atoms with Crippen LogP contribution >= 0.6 is 0 Å². The first-order chi connectivity index (χ1) is 20.1. The molecule has 6 rings (SSSR count). The molecule has 0 spiro atoms. The number of methoxy groups -OCH3 is 1. The second kappa shape index (κ2) is 9.97. The molecule has 1 aromatic carbocycles. The normalized spacial score (nSPS) is 48.5. The minimum atomic E-state index is -0.835. The molecule has 0 aromatic heterocycles. The fourth-order valence-electron chi connectivity index (χ4n) is 12.4. The van der Waals surface area contributed by atoms with Crippen molar-refractivity contribution in [3.8, 4) is 11.5 Å². The largest absolute Gasteiger partial charge is 0.508 e. The number of carboxylic acid groups (broad SMARTS) is 1. The zero-order chi connectivity index (χ0) is 31.3. The number of aliphatic hydroxyl groups excluding tert-OH is 1. The van der Waals surface area contributed by atoms with Gasteiger partial charge in [-0.05, 0) is 122 Å². The maximum absolute atomic E-state index is 13.1. The van der Waals surface area contributed by atoms with Gasteiger partial charge in [0, 0.05) is 12.5 Å². The lowest BCUT2D eigenvalue weighted by molar-refractivity contribution is -0.311. The fourth-order valence-corrected chi connectivity index (χ4v) is 12.4. The Hall–Kier alpha value is -2.05. The number of benzene rings is 1. The Bertz CT molecular complexity index is 1290. The molecule has 0 saturated heterocycles. The van der Waals surface area contributed by atoms with Crippen molar-refractivity contribution in [3.63, 3.8) is 0 Å². The number of carboxylic acids is 1. The van der Waals surface area contributed by atoms with E-state index in [1.807, 2.05) is 12.1 Å². The monoisotopic (exact) mass is 594 g/mol. The lowest BCUT2D eigenvalue weighted by atomic mass is 9.30. The second-order valence-electron chi connectivity index (χ2n) is 16.5. The average molecular weight is 595 g/mol. The summed E-state index contributed by atoms with van der Waals surface area (Å²) < 4.78 is 13.0. The predicted octanol–water partition coefficient (Wildman–Crippen LogP) is 7.48. The first-order valence-electron chi connectivity index (χ1n) is 16.6. The number of aliphatic hydroxyl groups is 1. The molecule has 238 valence electrons. The Labute approximate surface area is 258 Å². The molecule has 5 aliphatic rings. The molecule has 4 fully saturated rings. The van der Waals surface area contributed by atoms with Gasteiger partial charge in [-0.3, -0.25) is 4.79 Å². The number of aliphatic carboxylic acids is 1. The van der Waals surface area contributed by atoms with E-state index in [-0.39, 0.29) is 63.3 Å². The van der Waals surface area contributed by atoms with Gasteiger partial charge in [0.15, 0.2) is 0 Å². The van der Waals surface area contributed by atoms with E-state index in [1.165, 1.54) is 5.57 Å². The van der Waals surface area contributed by atoms with Crippen molar-refractivity contribution < 1.29 is 29.6 Å². The topological polar surface area (TPSA) is 96.2 Å². The van der Waals surface area contributed by atoms with Gasteiger partial charge in [0.05, 0.1) is 17.6 Å². The summed E-state index contributed by atoms with van der Waals surface area (Å²) in [6.45, 7) is 16.4. The van der Waals surface area contributed by atoms with E-state index in [9.17, 15) is 20.1 Å². The van der Waals surface area contributed by atoms with Crippen LogP contribution in [0.5, 0.6) is 11.5 Å². The third-order valence-electron chi connectivity index (χ3n) is 14.9. The van der Waals surface area contributed by atoms with Gasteiger partial charge in [-0.2, -0.15) is 0 Å². The van der Waals surface area contributed by atoms with Crippen LogP contribution in [0.4, 0.5) is 0 Å². The first kappa shape index (κ1) is 31.0. The highest BCUT2D eigenvalue weighted by atomic mass is 16.5. The van der Waals surface area contributed by atoms with Gasteiger partial charge in [0.1, 0.15) is 17.6 Å². The Morgan fingerprint density at radius 2 is 1.60 bits per heavy atom. The third-order valence-corrected chi connectivity index (χ3v) is 14.9. The lowest BCUT2D eigenvalue weighted by Crippen LogP contribution is -2.75. The summed E-state index contributed by atoms with van der Waals surface area (Å²) in [6, 6.07) is 7.05. The molecule has 0 amide bonds. The van der Waals surface area contributed by atoms with Crippen LogP contribution in [0.15, 0.2) is 35.9 Å². The van der Waals surface area contributed by atoms with E-state index in [4.69, 9.17) is 9.47 Å². The van der Waals surface area contributed by atoms with Crippen LogP contribution in [0.2, 0.25) is 0 Å². The number of hydrogen-bond acceptors (Lipinski definition) is 5. The quantitative estimate of drug-likeness (QED) is 0.313. The number of allylic oxidation sites excluding steroid dienone is 2. The van der Waals surface area contributed by atoms with Crippen LogP contribution in [0.1, 0.15) is 93.4 Å². The molecular weight excluding hydrogens is 540 g/mol. The number of fused-ring (bicyclic) bond motifs is 7. The number of phenolic OH excluding ortho intramolecular Hbond substituents is 1. The molecule has 0 radical (unpaired) electrons. The van der Waals surface area contributed by atoms with Crippen molar-refractivity contribution >= 4 is 5.97 Å². The predicted molar refractivity (Wildman–Crippen MR) is 167 cm³/mol. The molecule has 12 atom stereocenters. The maximum Gasteiger partial charge on any atom is 0.310 e. The van der Waals surface area contributed by atoms with E-state index in [0.29, 0.717) is 18.8 Å². The maximum atomic E-state index is 13.1. The molecule has 3 N–H and O–H groups in total. The van der Waals surface area contributed by atoms with Crippen molar-refractivity contribution in [2.45, 2.75) is 112 Å². The van der Waals surface area contributed by atoms with Gasteiger partial charge in [-0.15, -0.1) is 0 Å². The number of ether oxygens (including phenoxy) is 2. The van der Waals surface area contributed by atoms with Crippen molar-refractivity contribution in [3.05, 3.63) is 35.9 Å². The molecule has 0 aliphatic heterocycles. The molecule has 43 heavy (non-hydrogen) atoms. The molecule has 0 heterocycles. The van der Waals surface area contributed by atoms with Crippen LogP contribution in [0.25, 0.3) is 0 Å². The van der Waals surface area contributed by atoms with Crippen molar-refractivity contribution in [1.29, 1.82) is 0 Å². The lowest BCUT2D eigenvalue weighted by Gasteiger charge is -2.75. The van der Waals surface area contributed by atoms with Crippen molar-refractivity contribution in [2.75, 3.05) is 7.11 Å². The average Bonchev–Trinajstić information content (AvgIpc) is 2.94. The summed E-state index contributed by atoms with van der Waals surface area (Å²) in [4.78, 5) is 13.1. The summed E-state index contributed by atoms with van der Waals surface area (Å²) in [7, 11) is 1.76. The summed E-state index contributed by atoms with van der Waals surface area (Å²) in [5.41, 5.74) is -0.0849. The molecule has 1 aromatic rings. The number of carbonyl (C=O) groups is 1. The van der Waals surface area contributed by atoms with Crippen molar-refractivity contribution in [2.24, 2.45) is 56.7 Å². The zero-order valence-corrected chi connectivity index (χ0v) is 27.5. The Morgan fingerprint density at radius 1 is 0.930 bits per heavy atom. The SMILES string of the molecule is COC1C(O)[C@@H]2[C@@H]3[C@@H](C)C(C)=CC[C@]3(C(=O)O)CC[C@@]2(C)[C@]2(C)CC[C@H]3C(C)(C)C(Oc4ccc(O)cc4)CC[C@]3(C)[C@@H]12. The first-order valence-corrected chi connectivity index (χ1v) is 16.6. The van der Waals surface area contributed by atoms with Crippen LogP contribution in [-0.4, -0.2) is 46.7 Å². The number of aromatic hydroxyl groups is 1. The van der Waals surface area contributed by atoms with Crippen LogP contribution in [0.3, 0.4) is 0 Å². The van der Waals surface area contributed by atoms with E-state index < -0.39 is 17.5 Å². The van der Waals surface area contributed by atoms with Crippen molar-refractivity contribution in [1.82, 2.24) is 0 Å². The molecule has 4 saturated carbocycles. The van der Waals surface area contributed by atoms with E-state index in [2.05, 4.69) is 54.5 Å². The van der Waals surface area contributed by atoms with Crippen LogP contribution in [-0.2, 0) is 9.53 Å². The van der Waals surface area contributed by atoms with E-state index >= 15 is 0 Å². The minimum absolute atomic E-state index is 0.0426. The van der Waals surface area contributed by atoms with Gasteiger partial charge < -0.3 is 24.8 Å².